The van der Waals surface area contributed by atoms with Crippen LogP contribution < -0.4 is 10.1 Å². The van der Waals surface area contributed by atoms with Gasteiger partial charge >= 0.3 is 0 Å². The topological polar surface area (TPSA) is 41.5 Å². The number of ether oxygens (including phenoxy) is 1. The van der Waals surface area contributed by atoms with Gasteiger partial charge in [-0.3, -0.25) is 0 Å². The number of aliphatic hydroxyl groups excluding tert-OH is 1. The van der Waals surface area contributed by atoms with Gasteiger partial charge < -0.3 is 15.2 Å². The predicted octanol–water partition coefficient (Wildman–Crippen LogP) is 3.36. The van der Waals surface area contributed by atoms with E-state index in [2.05, 4.69) is 18.2 Å². The van der Waals surface area contributed by atoms with Gasteiger partial charge in [0.1, 0.15) is 12.4 Å². The van der Waals surface area contributed by atoms with Crippen molar-refractivity contribution in [1.82, 2.24) is 5.32 Å². The molecule has 1 aromatic heterocycles. The molecule has 0 spiro atoms. The highest BCUT2D eigenvalue weighted by Crippen LogP contribution is 2.23. The van der Waals surface area contributed by atoms with Crippen LogP contribution in [0, 0.1) is 12.3 Å². The molecule has 1 aromatic carbocycles. The van der Waals surface area contributed by atoms with Crippen LogP contribution >= 0.6 is 11.3 Å². The molecule has 0 saturated carbocycles. The first kappa shape index (κ1) is 16.6. The first-order valence-corrected chi connectivity index (χ1v) is 8.17. The van der Waals surface area contributed by atoms with Gasteiger partial charge in [-0.2, -0.15) is 0 Å². The highest BCUT2D eigenvalue weighted by Gasteiger charge is 2.12. The Labute approximate surface area is 136 Å². The molecule has 22 heavy (non-hydrogen) atoms. The Morgan fingerprint density at radius 2 is 2.09 bits per heavy atom. The van der Waals surface area contributed by atoms with Crippen LogP contribution in [0.25, 0.3) is 0 Å². The van der Waals surface area contributed by atoms with E-state index in [1.165, 1.54) is 5.56 Å². The Morgan fingerprint density at radius 1 is 1.32 bits per heavy atom. The Balaban J connectivity index is 1.76. The minimum Gasteiger partial charge on any atom is -0.481 e. The van der Waals surface area contributed by atoms with Crippen molar-refractivity contribution in [3.8, 4) is 18.1 Å². The van der Waals surface area contributed by atoms with Crippen molar-refractivity contribution in [2.24, 2.45) is 0 Å². The molecule has 0 aliphatic rings. The van der Waals surface area contributed by atoms with E-state index in [1.807, 2.05) is 41.8 Å². The summed E-state index contributed by atoms with van der Waals surface area (Å²) in [5.74, 6) is 3.22. The van der Waals surface area contributed by atoms with Gasteiger partial charge in [-0.15, -0.1) is 17.8 Å². The van der Waals surface area contributed by atoms with Crippen LogP contribution in [0.15, 0.2) is 41.8 Å². The number of hydrogen-bond acceptors (Lipinski definition) is 4. The fraction of sp³-hybridized carbons (Fsp3) is 0.333. The summed E-state index contributed by atoms with van der Waals surface area (Å²) in [6.07, 6.45) is 5.45. The van der Waals surface area contributed by atoms with Crippen LogP contribution in [0.3, 0.4) is 0 Å². The van der Waals surface area contributed by atoms with Gasteiger partial charge in [0.25, 0.3) is 0 Å². The number of rotatable bonds is 8. The largest absolute Gasteiger partial charge is 0.481 e. The lowest BCUT2D eigenvalue weighted by molar-refractivity contribution is 0.157. The number of nitrogens with one attached hydrogen (secondary N) is 1. The second-order valence-electron chi connectivity index (χ2n) is 5.19. The molecule has 0 aliphatic heterocycles. The summed E-state index contributed by atoms with van der Waals surface area (Å²) in [6, 6.07) is 12.0. The molecule has 1 heterocycles. The molecule has 4 heteroatoms. The van der Waals surface area contributed by atoms with E-state index < -0.39 is 6.10 Å². The first-order chi connectivity index (χ1) is 10.7. The quantitative estimate of drug-likeness (QED) is 0.734. The van der Waals surface area contributed by atoms with Gasteiger partial charge in [-0.1, -0.05) is 24.1 Å². The van der Waals surface area contributed by atoms with E-state index in [1.54, 1.807) is 11.3 Å². The van der Waals surface area contributed by atoms with Crippen molar-refractivity contribution in [1.29, 1.82) is 0 Å². The minimum atomic E-state index is -0.401. The summed E-state index contributed by atoms with van der Waals surface area (Å²) in [4.78, 5) is 1.02. The maximum atomic E-state index is 10.1. The molecule has 3 nitrogen and oxygen atoms in total. The summed E-state index contributed by atoms with van der Waals surface area (Å²) >= 11 is 1.59. The zero-order chi connectivity index (χ0) is 15.8. The highest BCUT2D eigenvalue weighted by molar-refractivity contribution is 7.10. The van der Waals surface area contributed by atoms with E-state index in [9.17, 15) is 5.11 Å². The van der Waals surface area contributed by atoms with Crippen molar-refractivity contribution < 1.29 is 9.84 Å². The summed E-state index contributed by atoms with van der Waals surface area (Å²) < 4.78 is 5.34. The van der Waals surface area contributed by atoms with Gasteiger partial charge in [0.2, 0.25) is 0 Å². The Hall–Kier alpha value is -1.80. The van der Waals surface area contributed by atoms with E-state index >= 15 is 0 Å². The van der Waals surface area contributed by atoms with Crippen molar-refractivity contribution in [3.05, 3.63) is 52.2 Å². The number of hydrogen-bond donors (Lipinski definition) is 2. The fourth-order valence-electron chi connectivity index (χ4n) is 2.14. The van der Waals surface area contributed by atoms with Gasteiger partial charge in [-0.05, 0) is 42.5 Å². The van der Waals surface area contributed by atoms with Crippen molar-refractivity contribution in [3.63, 3.8) is 0 Å². The average Bonchev–Trinajstić information content (AvgIpc) is 3.06. The molecular formula is C18H21NO2S. The summed E-state index contributed by atoms with van der Waals surface area (Å²) in [5, 5.41) is 15.5. The zero-order valence-electron chi connectivity index (χ0n) is 12.7. The monoisotopic (exact) mass is 315 g/mol. The predicted molar refractivity (Wildman–Crippen MR) is 91.0 cm³/mol. The van der Waals surface area contributed by atoms with E-state index in [4.69, 9.17) is 11.2 Å². The van der Waals surface area contributed by atoms with Gasteiger partial charge in [-0.25, -0.2) is 0 Å². The summed E-state index contributed by atoms with van der Waals surface area (Å²) in [7, 11) is 0. The molecule has 0 radical (unpaired) electrons. The van der Waals surface area contributed by atoms with Crippen LogP contribution in [-0.4, -0.2) is 17.8 Å². The van der Waals surface area contributed by atoms with Crippen molar-refractivity contribution in [2.45, 2.75) is 32.0 Å². The molecule has 0 bridgehead atoms. The highest BCUT2D eigenvalue weighted by atomic mass is 32.1. The van der Waals surface area contributed by atoms with Crippen LogP contribution in [0.4, 0.5) is 0 Å². The molecule has 0 amide bonds. The van der Waals surface area contributed by atoms with Crippen LogP contribution in [-0.2, 0) is 6.54 Å². The van der Waals surface area contributed by atoms with Crippen LogP contribution in [0.5, 0.6) is 5.75 Å². The molecular weight excluding hydrogens is 294 g/mol. The first-order valence-electron chi connectivity index (χ1n) is 7.29. The van der Waals surface area contributed by atoms with E-state index in [-0.39, 0.29) is 12.6 Å². The van der Waals surface area contributed by atoms with Crippen LogP contribution in [0.2, 0.25) is 0 Å². The number of benzene rings is 1. The van der Waals surface area contributed by atoms with Crippen LogP contribution in [0.1, 0.15) is 29.9 Å². The lowest BCUT2D eigenvalue weighted by Gasteiger charge is -2.17. The fourth-order valence-corrected chi connectivity index (χ4v) is 2.86. The number of terminal acetylenes is 1. The Morgan fingerprint density at radius 3 is 2.73 bits per heavy atom. The van der Waals surface area contributed by atoms with Gasteiger partial charge in [0, 0.05) is 17.5 Å². The lowest BCUT2D eigenvalue weighted by Crippen LogP contribution is -2.27. The second kappa shape index (κ2) is 8.60. The lowest BCUT2D eigenvalue weighted by atomic mass is 10.1. The van der Waals surface area contributed by atoms with E-state index in [0.29, 0.717) is 6.42 Å². The third-order valence-corrected chi connectivity index (χ3v) is 4.32. The molecule has 2 rings (SSSR count). The van der Waals surface area contributed by atoms with E-state index in [0.717, 1.165) is 17.2 Å². The van der Waals surface area contributed by atoms with Gasteiger partial charge in [0.05, 0.1) is 6.10 Å². The molecule has 2 unspecified atom stereocenters. The Bertz CT molecular complexity index is 587. The second-order valence-corrected chi connectivity index (χ2v) is 6.16. The number of thiophene rings is 1. The minimum absolute atomic E-state index is 0.231. The molecule has 2 N–H and O–H groups in total. The van der Waals surface area contributed by atoms with Gasteiger partial charge in [0.15, 0.2) is 0 Å². The standard InChI is InChI=1S/C18H21NO2S/c1-3-10-21-16-8-6-15(7-9-16)13-19-14(2)12-17(20)18-5-4-11-22-18/h1,4-9,11,14,17,19-20H,10,12-13H2,2H3. The van der Waals surface area contributed by atoms with Crippen molar-refractivity contribution in [2.75, 3.05) is 6.61 Å². The Kier molecular flexibility index (Phi) is 6.47. The smallest absolute Gasteiger partial charge is 0.148 e. The summed E-state index contributed by atoms with van der Waals surface area (Å²) in [5.41, 5.74) is 1.17. The molecule has 0 aliphatic carbocycles. The maximum absolute atomic E-state index is 10.1. The third kappa shape index (κ3) is 5.19. The normalized spacial score (nSPS) is 13.3. The molecule has 116 valence electrons. The maximum Gasteiger partial charge on any atom is 0.148 e. The molecule has 2 atom stereocenters. The average molecular weight is 315 g/mol. The SMILES string of the molecule is C#CCOc1ccc(CNC(C)CC(O)c2cccs2)cc1. The zero-order valence-corrected chi connectivity index (χ0v) is 13.5. The van der Waals surface area contributed by atoms with Crippen molar-refractivity contribution >= 4 is 11.3 Å². The molecule has 0 saturated heterocycles. The molecule has 2 aromatic rings. The third-order valence-electron chi connectivity index (χ3n) is 3.35. The number of aliphatic hydroxyl groups is 1. The summed E-state index contributed by atoms with van der Waals surface area (Å²) in [6.45, 7) is 3.13. The molecule has 0 fully saturated rings.